The van der Waals surface area contributed by atoms with Crippen LogP contribution < -0.4 is 15.2 Å². The number of nitrogens with zero attached hydrogens (tertiary/aromatic N) is 2. The van der Waals surface area contributed by atoms with E-state index < -0.39 is 5.56 Å². The van der Waals surface area contributed by atoms with E-state index in [-0.39, 0.29) is 11.1 Å². The summed E-state index contributed by atoms with van der Waals surface area (Å²) in [6.45, 7) is 1.35. The fourth-order valence-electron chi connectivity index (χ4n) is 2.38. The second kappa shape index (κ2) is 6.36. The van der Waals surface area contributed by atoms with Gasteiger partial charge in [0.25, 0.3) is 5.56 Å². The molecule has 22 heavy (non-hydrogen) atoms. The van der Waals surface area contributed by atoms with E-state index in [1.54, 1.807) is 24.4 Å². The van der Waals surface area contributed by atoms with Gasteiger partial charge in [0.2, 0.25) is 0 Å². The minimum absolute atomic E-state index is 0.0207. The quantitative estimate of drug-likeness (QED) is 0.911. The van der Waals surface area contributed by atoms with Gasteiger partial charge < -0.3 is 9.64 Å². The minimum atomic E-state index is -0.395. The van der Waals surface area contributed by atoms with Crippen molar-refractivity contribution in [3.8, 4) is 5.75 Å². The molecule has 8 heteroatoms. The molecule has 0 bridgehead atoms. The van der Waals surface area contributed by atoms with Crippen LogP contribution in [0.1, 0.15) is 6.42 Å². The Morgan fingerprint density at radius 2 is 2.09 bits per heavy atom. The van der Waals surface area contributed by atoms with E-state index >= 15 is 0 Å². The lowest BCUT2D eigenvalue weighted by molar-refractivity contribution is 0.225. The highest BCUT2D eigenvalue weighted by Crippen LogP contribution is 2.30. The number of hydrogen-bond donors (Lipinski definition) is 1. The molecule has 0 aliphatic carbocycles. The lowest BCUT2D eigenvalue weighted by atomic mass is 10.3. The third-order valence-electron chi connectivity index (χ3n) is 3.46. The first-order chi connectivity index (χ1) is 10.5. The van der Waals surface area contributed by atoms with Crippen molar-refractivity contribution < 1.29 is 4.74 Å². The molecule has 1 fully saturated rings. The zero-order valence-electron chi connectivity index (χ0n) is 11.4. The Labute approximate surface area is 141 Å². The number of benzene rings is 1. The van der Waals surface area contributed by atoms with Crippen molar-refractivity contribution in [2.24, 2.45) is 0 Å². The summed E-state index contributed by atoms with van der Waals surface area (Å²) in [5.74, 6) is 0.663. The first-order valence-electron chi connectivity index (χ1n) is 6.64. The van der Waals surface area contributed by atoms with Gasteiger partial charge in [-0.15, -0.1) is 0 Å². The second-order valence-electron chi connectivity index (χ2n) is 4.95. The van der Waals surface area contributed by atoms with Gasteiger partial charge in [-0.05, 0) is 12.1 Å². The molecule has 1 aliphatic rings. The molecular formula is C14H12Cl3N3O2. The Morgan fingerprint density at radius 3 is 2.86 bits per heavy atom. The van der Waals surface area contributed by atoms with Crippen molar-refractivity contribution in [2.45, 2.75) is 12.5 Å². The van der Waals surface area contributed by atoms with Crippen LogP contribution in [-0.4, -0.2) is 29.4 Å². The van der Waals surface area contributed by atoms with Crippen molar-refractivity contribution in [1.29, 1.82) is 0 Å². The highest BCUT2D eigenvalue weighted by Gasteiger charge is 2.26. The Hall–Kier alpha value is -1.43. The van der Waals surface area contributed by atoms with Gasteiger partial charge in [0, 0.05) is 19.0 Å². The Kier molecular flexibility index (Phi) is 4.47. The van der Waals surface area contributed by atoms with E-state index in [2.05, 4.69) is 10.2 Å². The van der Waals surface area contributed by atoms with Crippen molar-refractivity contribution in [3.63, 3.8) is 0 Å². The van der Waals surface area contributed by atoms with Crippen molar-refractivity contribution in [3.05, 3.63) is 49.8 Å². The molecule has 5 nitrogen and oxygen atoms in total. The molecule has 1 N–H and O–H groups in total. The molecule has 1 aliphatic heterocycles. The number of H-pyrrole nitrogens is 1. The summed E-state index contributed by atoms with van der Waals surface area (Å²) < 4.78 is 5.90. The van der Waals surface area contributed by atoms with Crippen LogP contribution in [0.4, 0.5) is 5.69 Å². The average Bonchev–Trinajstić information content (AvgIpc) is 2.94. The summed E-state index contributed by atoms with van der Waals surface area (Å²) in [5.41, 5.74) is 0.221. The molecule has 1 aromatic heterocycles. The van der Waals surface area contributed by atoms with Gasteiger partial charge in [0.1, 0.15) is 16.9 Å². The maximum atomic E-state index is 11.5. The van der Waals surface area contributed by atoms with Crippen LogP contribution in [0.25, 0.3) is 0 Å². The maximum absolute atomic E-state index is 11.5. The molecule has 1 atom stereocenters. The molecule has 1 saturated heterocycles. The van der Waals surface area contributed by atoms with Crippen LogP contribution in [0, 0.1) is 0 Å². The minimum Gasteiger partial charge on any atom is -0.488 e. The number of anilines is 1. The number of aromatic amines is 1. The largest absolute Gasteiger partial charge is 0.488 e. The highest BCUT2D eigenvalue weighted by molar-refractivity contribution is 6.42. The second-order valence-corrected chi connectivity index (χ2v) is 6.14. The maximum Gasteiger partial charge on any atom is 0.285 e. The van der Waals surface area contributed by atoms with E-state index in [1.165, 1.54) is 0 Å². The average molecular weight is 361 g/mol. The fraction of sp³-hybridized carbons (Fsp3) is 0.286. The molecule has 2 aromatic rings. The molecule has 2 heterocycles. The number of nitrogens with one attached hydrogen (secondary N) is 1. The topological polar surface area (TPSA) is 58.2 Å². The summed E-state index contributed by atoms with van der Waals surface area (Å²) >= 11 is 17.9. The van der Waals surface area contributed by atoms with Gasteiger partial charge >= 0.3 is 0 Å². The van der Waals surface area contributed by atoms with Crippen molar-refractivity contribution in [1.82, 2.24) is 10.2 Å². The molecule has 116 valence electrons. The van der Waals surface area contributed by atoms with Gasteiger partial charge in [0.05, 0.1) is 28.5 Å². The van der Waals surface area contributed by atoms with Crippen LogP contribution in [-0.2, 0) is 0 Å². The van der Waals surface area contributed by atoms with E-state index in [0.717, 1.165) is 13.0 Å². The lowest BCUT2D eigenvalue weighted by Crippen LogP contribution is -2.26. The highest BCUT2D eigenvalue weighted by atomic mass is 35.5. The smallest absolute Gasteiger partial charge is 0.285 e. The SMILES string of the molecule is O=c1[nH]ncc(N2CCC(Oc3ccc(Cl)c(Cl)c3)C2)c1Cl. The Balaban J connectivity index is 1.71. The van der Waals surface area contributed by atoms with E-state index in [4.69, 9.17) is 39.5 Å². The van der Waals surface area contributed by atoms with Crippen molar-refractivity contribution >= 4 is 40.5 Å². The van der Waals surface area contributed by atoms with Gasteiger partial charge in [-0.1, -0.05) is 34.8 Å². The zero-order valence-corrected chi connectivity index (χ0v) is 13.6. The molecule has 1 aromatic carbocycles. The van der Waals surface area contributed by atoms with Gasteiger partial charge in [-0.3, -0.25) is 4.79 Å². The first kappa shape index (κ1) is 15.5. The summed E-state index contributed by atoms with van der Waals surface area (Å²) in [6, 6.07) is 5.16. The summed E-state index contributed by atoms with van der Waals surface area (Å²) in [5, 5.41) is 7.17. The number of aromatic nitrogens is 2. The van der Waals surface area contributed by atoms with Crippen LogP contribution in [0.5, 0.6) is 5.75 Å². The van der Waals surface area contributed by atoms with E-state index in [0.29, 0.717) is 28.0 Å². The predicted octanol–water partition coefficient (Wildman–Crippen LogP) is 3.39. The molecule has 0 amide bonds. The Morgan fingerprint density at radius 1 is 1.27 bits per heavy atom. The third kappa shape index (κ3) is 3.16. The summed E-state index contributed by atoms with van der Waals surface area (Å²) in [6.07, 6.45) is 2.34. The van der Waals surface area contributed by atoms with Crippen LogP contribution >= 0.6 is 34.8 Å². The number of hydrogen-bond acceptors (Lipinski definition) is 4. The number of rotatable bonds is 3. The van der Waals surface area contributed by atoms with Gasteiger partial charge in [-0.25, -0.2) is 5.10 Å². The molecule has 0 radical (unpaired) electrons. The number of ether oxygens (including phenoxy) is 1. The van der Waals surface area contributed by atoms with Crippen LogP contribution in [0.2, 0.25) is 15.1 Å². The standard InChI is InChI=1S/C14H12Cl3N3O2/c15-10-2-1-8(5-11(10)16)22-9-3-4-20(7-9)12-6-18-19-14(21)13(12)17/h1-2,5-6,9H,3-4,7H2,(H,19,21). The van der Waals surface area contributed by atoms with Gasteiger partial charge in [-0.2, -0.15) is 5.10 Å². The predicted molar refractivity (Wildman–Crippen MR) is 87.6 cm³/mol. The molecule has 1 unspecified atom stereocenters. The third-order valence-corrected chi connectivity index (χ3v) is 4.56. The van der Waals surface area contributed by atoms with Crippen molar-refractivity contribution in [2.75, 3.05) is 18.0 Å². The fourth-order valence-corrected chi connectivity index (χ4v) is 2.88. The van der Waals surface area contributed by atoms with E-state index in [9.17, 15) is 4.79 Å². The van der Waals surface area contributed by atoms with Crippen LogP contribution in [0.3, 0.4) is 0 Å². The number of halogens is 3. The van der Waals surface area contributed by atoms with Gasteiger partial charge in [0.15, 0.2) is 0 Å². The molecule has 3 rings (SSSR count). The molecule has 0 saturated carbocycles. The van der Waals surface area contributed by atoms with Crippen LogP contribution in [0.15, 0.2) is 29.2 Å². The van der Waals surface area contributed by atoms with E-state index in [1.807, 2.05) is 4.90 Å². The Bertz CT molecular complexity index is 750. The first-order valence-corrected chi connectivity index (χ1v) is 7.78. The zero-order chi connectivity index (χ0) is 15.7. The molecule has 0 spiro atoms. The lowest BCUT2D eigenvalue weighted by Gasteiger charge is -2.19. The monoisotopic (exact) mass is 359 g/mol. The summed E-state index contributed by atoms with van der Waals surface area (Å²) in [4.78, 5) is 13.5. The summed E-state index contributed by atoms with van der Waals surface area (Å²) in [7, 11) is 0. The molecular weight excluding hydrogens is 349 g/mol. The normalized spacial score (nSPS) is 17.8.